The molecular formula is C21H42N2O4. The van der Waals surface area contributed by atoms with Gasteiger partial charge in [0, 0.05) is 31.0 Å². The summed E-state index contributed by atoms with van der Waals surface area (Å²) in [5.74, 6) is -0.413. The van der Waals surface area contributed by atoms with Crippen LogP contribution in [0.1, 0.15) is 80.1 Å². The first-order valence-corrected chi connectivity index (χ1v) is 10.8. The zero-order chi connectivity index (χ0) is 20.8. The zero-order valence-corrected chi connectivity index (χ0v) is 18.4. The van der Waals surface area contributed by atoms with Gasteiger partial charge in [0.25, 0.3) is 0 Å². The lowest BCUT2D eigenvalue weighted by Crippen LogP contribution is -2.45. The second kappa shape index (κ2) is 14.9. The van der Waals surface area contributed by atoms with Gasteiger partial charge in [0.1, 0.15) is 0 Å². The lowest BCUT2D eigenvalue weighted by molar-refractivity contribution is -0.190. The van der Waals surface area contributed by atoms with E-state index in [0.29, 0.717) is 39.0 Å². The Kier molecular flexibility index (Phi) is 14.2. The number of nitrogens with zero attached hydrogens (tertiary/aromatic N) is 2. The minimum Gasteiger partial charge on any atom is -0.395 e. The van der Waals surface area contributed by atoms with Gasteiger partial charge in [0.2, 0.25) is 11.8 Å². The predicted octanol–water partition coefficient (Wildman–Crippen LogP) is 3.63. The summed E-state index contributed by atoms with van der Waals surface area (Å²) in [4.78, 5) is 33.4. The second-order valence-corrected chi connectivity index (χ2v) is 7.17. The van der Waals surface area contributed by atoms with Crippen LogP contribution in [0.4, 0.5) is 0 Å². The first-order chi connectivity index (χ1) is 12.9. The number of aliphatic hydroxyl groups excluding tert-OH is 1. The normalized spacial score (nSPS) is 14.5. The average molecular weight is 387 g/mol. The summed E-state index contributed by atoms with van der Waals surface area (Å²) < 4.78 is 0. The average Bonchev–Trinajstić information content (AvgIpc) is 2.68. The van der Waals surface area contributed by atoms with E-state index >= 15 is 0 Å². The number of aliphatic hydroxyl groups is 1. The molecule has 3 unspecified atom stereocenters. The molecule has 27 heavy (non-hydrogen) atoms. The van der Waals surface area contributed by atoms with Gasteiger partial charge >= 0.3 is 0 Å². The molecule has 0 aromatic carbocycles. The quantitative estimate of drug-likeness (QED) is 0.436. The molecule has 160 valence electrons. The number of amides is 2. The standard InChI is InChI=1S/C21H42N2O4/c1-7-12-13-23(27-11-5)21(26)19(10-4)16-18(9-3)20(25)22(14-15-24)17(6)8-2/h17-19,24H,7-16H2,1-6H3. The highest BCUT2D eigenvalue weighted by Crippen LogP contribution is 2.24. The summed E-state index contributed by atoms with van der Waals surface area (Å²) in [7, 11) is 0. The molecule has 0 fully saturated rings. The van der Waals surface area contributed by atoms with Crippen LogP contribution >= 0.6 is 0 Å². The topological polar surface area (TPSA) is 70.1 Å². The van der Waals surface area contributed by atoms with Crippen molar-refractivity contribution in [2.24, 2.45) is 11.8 Å². The molecule has 6 heteroatoms. The van der Waals surface area contributed by atoms with E-state index < -0.39 is 0 Å². The summed E-state index contributed by atoms with van der Waals surface area (Å²) >= 11 is 0. The molecule has 0 saturated carbocycles. The van der Waals surface area contributed by atoms with Crippen LogP contribution in [-0.2, 0) is 14.4 Å². The highest BCUT2D eigenvalue weighted by molar-refractivity contribution is 5.82. The van der Waals surface area contributed by atoms with Crippen molar-refractivity contribution in [3.8, 4) is 0 Å². The maximum Gasteiger partial charge on any atom is 0.249 e. The smallest absolute Gasteiger partial charge is 0.249 e. The fourth-order valence-corrected chi connectivity index (χ4v) is 3.24. The van der Waals surface area contributed by atoms with E-state index in [0.717, 1.165) is 19.3 Å². The highest BCUT2D eigenvalue weighted by Gasteiger charge is 2.31. The van der Waals surface area contributed by atoms with Crippen LogP contribution in [0, 0.1) is 11.8 Å². The number of unbranched alkanes of at least 4 members (excludes halogenated alkanes) is 1. The van der Waals surface area contributed by atoms with E-state index in [2.05, 4.69) is 6.92 Å². The van der Waals surface area contributed by atoms with Gasteiger partial charge in [-0.2, -0.15) is 0 Å². The predicted molar refractivity (Wildman–Crippen MR) is 109 cm³/mol. The van der Waals surface area contributed by atoms with Crippen LogP contribution in [0.25, 0.3) is 0 Å². The molecule has 0 aromatic rings. The van der Waals surface area contributed by atoms with Crippen molar-refractivity contribution in [2.45, 2.75) is 86.1 Å². The molecule has 1 N–H and O–H groups in total. The van der Waals surface area contributed by atoms with E-state index in [1.54, 1.807) is 4.90 Å². The van der Waals surface area contributed by atoms with E-state index in [-0.39, 0.29) is 36.3 Å². The van der Waals surface area contributed by atoms with Gasteiger partial charge in [-0.1, -0.05) is 34.1 Å². The van der Waals surface area contributed by atoms with Crippen LogP contribution in [0.15, 0.2) is 0 Å². The van der Waals surface area contributed by atoms with Crippen molar-refractivity contribution < 1.29 is 19.5 Å². The highest BCUT2D eigenvalue weighted by atomic mass is 16.7. The molecule has 0 radical (unpaired) electrons. The summed E-state index contributed by atoms with van der Waals surface area (Å²) in [6, 6.07) is 0.0824. The molecule has 0 rings (SSSR count). The van der Waals surface area contributed by atoms with Crippen molar-refractivity contribution in [1.82, 2.24) is 9.96 Å². The fraction of sp³-hybridized carbons (Fsp3) is 0.905. The van der Waals surface area contributed by atoms with E-state index in [1.165, 1.54) is 5.06 Å². The Labute approximate surface area is 166 Å². The lowest BCUT2D eigenvalue weighted by Gasteiger charge is -2.33. The largest absolute Gasteiger partial charge is 0.395 e. The Morgan fingerprint density at radius 2 is 1.52 bits per heavy atom. The van der Waals surface area contributed by atoms with Crippen molar-refractivity contribution in [2.75, 3.05) is 26.3 Å². The number of hydrogen-bond donors (Lipinski definition) is 1. The van der Waals surface area contributed by atoms with Gasteiger partial charge in [0.05, 0.1) is 13.2 Å². The van der Waals surface area contributed by atoms with Gasteiger partial charge in [-0.05, 0) is 46.0 Å². The molecule has 2 amide bonds. The van der Waals surface area contributed by atoms with Crippen molar-refractivity contribution >= 4 is 11.8 Å². The Morgan fingerprint density at radius 3 is 1.96 bits per heavy atom. The molecule has 0 spiro atoms. The van der Waals surface area contributed by atoms with Crippen molar-refractivity contribution in [3.63, 3.8) is 0 Å². The maximum absolute atomic E-state index is 13.1. The third-order valence-electron chi connectivity index (χ3n) is 5.25. The summed E-state index contributed by atoms with van der Waals surface area (Å²) in [5.41, 5.74) is 0. The van der Waals surface area contributed by atoms with E-state index in [4.69, 9.17) is 4.84 Å². The SMILES string of the molecule is CCCCN(OCC)C(=O)C(CC)CC(CC)C(=O)N(CCO)C(C)CC. The van der Waals surface area contributed by atoms with Crippen molar-refractivity contribution in [1.29, 1.82) is 0 Å². The molecule has 0 heterocycles. The maximum atomic E-state index is 13.1. The molecule has 0 bridgehead atoms. The second-order valence-electron chi connectivity index (χ2n) is 7.17. The Bertz CT molecular complexity index is 417. The van der Waals surface area contributed by atoms with Crippen LogP contribution in [-0.4, -0.2) is 59.2 Å². The van der Waals surface area contributed by atoms with Crippen LogP contribution < -0.4 is 0 Å². The van der Waals surface area contributed by atoms with E-state index in [9.17, 15) is 14.7 Å². The third kappa shape index (κ3) is 8.60. The summed E-state index contributed by atoms with van der Waals surface area (Å²) in [5, 5.41) is 10.8. The number of hydroxylamine groups is 2. The third-order valence-corrected chi connectivity index (χ3v) is 5.25. The zero-order valence-electron chi connectivity index (χ0n) is 18.4. The Balaban J connectivity index is 5.23. The minimum atomic E-state index is -0.227. The van der Waals surface area contributed by atoms with Gasteiger partial charge in [-0.3, -0.25) is 14.4 Å². The summed E-state index contributed by atoms with van der Waals surface area (Å²) in [6.45, 7) is 13.3. The first kappa shape index (κ1) is 25.9. The minimum absolute atomic E-state index is 0.0173. The van der Waals surface area contributed by atoms with Gasteiger partial charge in [-0.15, -0.1) is 0 Å². The molecule has 0 aromatic heterocycles. The summed E-state index contributed by atoms with van der Waals surface area (Å²) in [6.07, 6.45) is 4.63. The molecule has 0 saturated heterocycles. The number of carbonyl (C=O) groups excluding carboxylic acids is 2. The molecule has 0 aliphatic heterocycles. The number of hydrogen-bond acceptors (Lipinski definition) is 4. The number of rotatable bonds is 15. The Morgan fingerprint density at radius 1 is 0.926 bits per heavy atom. The molecule has 3 atom stereocenters. The van der Waals surface area contributed by atoms with Crippen LogP contribution in [0.2, 0.25) is 0 Å². The van der Waals surface area contributed by atoms with E-state index in [1.807, 2.05) is 34.6 Å². The van der Waals surface area contributed by atoms with Crippen LogP contribution in [0.5, 0.6) is 0 Å². The first-order valence-electron chi connectivity index (χ1n) is 10.8. The fourth-order valence-electron chi connectivity index (χ4n) is 3.24. The van der Waals surface area contributed by atoms with Gasteiger partial charge < -0.3 is 10.0 Å². The molecule has 0 aliphatic carbocycles. The molecule has 6 nitrogen and oxygen atoms in total. The Hall–Kier alpha value is -1.14. The lowest BCUT2D eigenvalue weighted by atomic mass is 9.88. The number of carbonyl (C=O) groups is 2. The molecular weight excluding hydrogens is 344 g/mol. The van der Waals surface area contributed by atoms with Crippen molar-refractivity contribution in [3.05, 3.63) is 0 Å². The van der Waals surface area contributed by atoms with Crippen LogP contribution in [0.3, 0.4) is 0 Å². The van der Waals surface area contributed by atoms with Gasteiger partial charge in [-0.25, -0.2) is 5.06 Å². The van der Waals surface area contributed by atoms with Gasteiger partial charge in [0.15, 0.2) is 0 Å². The molecule has 0 aliphatic rings. The monoisotopic (exact) mass is 386 g/mol.